The molecule has 1 atom stereocenters. The molecule has 1 saturated heterocycles. The zero-order valence-electron chi connectivity index (χ0n) is 16.0. The topological polar surface area (TPSA) is 63.5 Å². The molecule has 1 unspecified atom stereocenters. The van der Waals surface area contributed by atoms with E-state index in [0.717, 1.165) is 43.3 Å². The van der Waals surface area contributed by atoms with E-state index in [0.29, 0.717) is 25.7 Å². The molecule has 8 heteroatoms. The minimum atomic E-state index is -0.275. The van der Waals surface area contributed by atoms with E-state index in [1.54, 1.807) is 17.0 Å². The first kappa shape index (κ1) is 18.5. The number of halogens is 1. The molecule has 0 bridgehead atoms. The van der Waals surface area contributed by atoms with Gasteiger partial charge in [0.1, 0.15) is 17.5 Å². The number of piperazine rings is 1. The molecule has 7 nitrogen and oxygen atoms in total. The minimum absolute atomic E-state index is 0.0952. The van der Waals surface area contributed by atoms with Crippen molar-refractivity contribution in [2.45, 2.75) is 25.9 Å². The van der Waals surface area contributed by atoms with E-state index in [4.69, 9.17) is 4.99 Å². The lowest BCUT2D eigenvalue weighted by atomic mass is 10.2. The maximum absolute atomic E-state index is 13.0. The normalized spacial score (nSPS) is 21.4. The Labute approximate surface area is 164 Å². The summed E-state index contributed by atoms with van der Waals surface area (Å²) in [5.41, 5.74) is 0.877. The summed E-state index contributed by atoms with van der Waals surface area (Å²) in [4.78, 5) is 27.8. The number of amidine groups is 1. The van der Waals surface area contributed by atoms with Gasteiger partial charge in [0.2, 0.25) is 0 Å². The van der Waals surface area contributed by atoms with Gasteiger partial charge in [-0.1, -0.05) is 19.1 Å². The molecular formula is C20H25FN6O. The summed E-state index contributed by atoms with van der Waals surface area (Å²) in [5.74, 6) is 1.62. The van der Waals surface area contributed by atoms with Crippen molar-refractivity contribution in [2.24, 2.45) is 9.98 Å². The van der Waals surface area contributed by atoms with Gasteiger partial charge in [-0.25, -0.2) is 14.2 Å². The van der Waals surface area contributed by atoms with Gasteiger partial charge >= 0.3 is 6.03 Å². The lowest BCUT2D eigenvalue weighted by Crippen LogP contribution is -2.51. The van der Waals surface area contributed by atoms with Crippen LogP contribution in [0.5, 0.6) is 0 Å². The second kappa shape index (κ2) is 8.00. The largest absolute Gasteiger partial charge is 0.353 e. The first-order chi connectivity index (χ1) is 13.6. The van der Waals surface area contributed by atoms with Crippen LogP contribution in [-0.4, -0.2) is 71.7 Å². The molecule has 28 heavy (non-hydrogen) atoms. The van der Waals surface area contributed by atoms with Crippen molar-refractivity contribution in [3.05, 3.63) is 47.5 Å². The van der Waals surface area contributed by atoms with Crippen LogP contribution in [0.3, 0.4) is 0 Å². The Morgan fingerprint density at radius 3 is 2.68 bits per heavy atom. The number of carbonyl (C=O) groups is 1. The second-order valence-corrected chi connectivity index (χ2v) is 7.21. The Bertz CT molecular complexity index is 810. The summed E-state index contributed by atoms with van der Waals surface area (Å²) in [6.07, 6.45) is 4.94. The van der Waals surface area contributed by atoms with Crippen LogP contribution < -0.4 is 5.32 Å². The van der Waals surface area contributed by atoms with Gasteiger partial charge in [-0.3, -0.25) is 4.99 Å². The van der Waals surface area contributed by atoms with Gasteiger partial charge in [-0.05, 0) is 24.1 Å². The molecule has 3 heterocycles. The lowest BCUT2D eigenvalue weighted by Gasteiger charge is -2.36. The van der Waals surface area contributed by atoms with Crippen LogP contribution in [0.25, 0.3) is 0 Å². The first-order valence-corrected chi connectivity index (χ1v) is 9.75. The highest BCUT2D eigenvalue weighted by molar-refractivity contribution is 6.03. The average molecular weight is 384 g/mol. The number of benzene rings is 1. The van der Waals surface area contributed by atoms with Gasteiger partial charge in [0.15, 0.2) is 0 Å². The minimum Gasteiger partial charge on any atom is -0.353 e. The summed E-state index contributed by atoms with van der Waals surface area (Å²) < 4.78 is 13.0. The molecule has 1 aromatic carbocycles. The maximum atomic E-state index is 13.0. The van der Waals surface area contributed by atoms with Crippen molar-refractivity contribution in [3.63, 3.8) is 0 Å². The van der Waals surface area contributed by atoms with Crippen molar-refractivity contribution >= 4 is 18.2 Å². The Morgan fingerprint density at radius 2 is 1.96 bits per heavy atom. The first-order valence-electron chi connectivity index (χ1n) is 9.75. The van der Waals surface area contributed by atoms with E-state index in [2.05, 4.69) is 27.0 Å². The van der Waals surface area contributed by atoms with Crippen LogP contribution in [-0.2, 0) is 6.54 Å². The standard InChI is InChI=1S/C20H25FN6O/c1-2-17-13-27-14-23-18(11-19(27)24-17)25-7-9-26(10-8-25)20(28)22-12-15-3-5-16(21)6-4-15/h3-6,11,14,17H,2,7-10,12-13H2,1H3,(H,22,28). The fourth-order valence-corrected chi connectivity index (χ4v) is 3.55. The van der Waals surface area contributed by atoms with Crippen molar-refractivity contribution < 1.29 is 9.18 Å². The summed E-state index contributed by atoms with van der Waals surface area (Å²) in [7, 11) is 0. The third-order valence-corrected chi connectivity index (χ3v) is 5.32. The summed E-state index contributed by atoms with van der Waals surface area (Å²) in [5, 5.41) is 2.90. The molecule has 0 saturated carbocycles. The number of hydrogen-bond donors (Lipinski definition) is 1. The van der Waals surface area contributed by atoms with Crippen molar-refractivity contribution in [2.75, 3.05) is 32.7 Å². The number of carbonyl (C=O) groups excluding carboxylic acids is 1. The molecule has 3 aliphatic rings. The summed E-state index contributed by atoms with van der Waals surface area (Å²) >= 11 is 0. The number of urea groups is 1. The Balaban J connectivity index is 1.28. The van der Waals surface area contributed by atoms with Gasteiger partial charge < -0.3 is 20.0 Å². The van der Waals surface area contributed by atoms with Gasteiger partial charge in [0.05, 0.1) is 12.4 Å². The monoisotopic (exact) mass is 384 g/mol. The van der Waals surface area contributed by atoms with Crippen LogP contribution in [0.15, 0.2) is 46.1 Å². The van der Waals surface area contributed by atoms with Crippen molar-refractivity contribution in [1.82, 2.24) is 20.0 Å². The van der Waals surface area contributed by atoms with E-state index in [9.17, 15) is 9.18 Å². The molecule has 4 rings (SSSR count). The number of nitrogens with zero attached hydrogens (tertiary/aromatic N) is 5. The fourth-order valence-electron chi connectivity index (χ4n) is 3.55. The van der Waals surface area contributed by atoms with Crippen LogP contribution in [0, 0.1) is 5.82 Å². The van der Waals surface area contributed by atoms with Crippen LogP contribution in [0.4, 0.5) is 9.18 Å². The molecule has 3 aliphatic heterocycles. The van der Waals surface area contributed by atoms with E-state index in [1.165, 1.54) is 12.1 Å². The van der Waals surface area contributed by atoms with Crippen LogP contribution in [0.1, 0.15) is 18.9 Å². The van der Waals surface area contributed by atoms with E-state index in [-0.39, 0.29) is 11.8 Å². The number of nitrogens with one attached hydrogen (secondary N) is 1. The smallest absolute Gasteiger partial charge is 0.317 e. The third kappa shape index (κ3) is 4.00. The molecule has 0 aliphatic carbocycles. The van der Waals surface area contributed by atoms with E-state index in [1.807, 2.05) is 12.4 Å². The number of hydrogen-bond acceptors (Lipinski definition) is 5. The summed E-state index contributed by atoms with van der Waals surface area (Å²) in [6, 6.07) is 6.41. The van der Waals surface area contributed by atoms with Crippen LogP contribution >= 0.6 is 0 Å². The predicted octanol–water partition coefficient (Wildman–Crippen LogP) is 2.03. The fraction of sp³-hybridized carbons (Fsp3) is 0.450. The number of amides is 2. The van der Waals surface area contributed by atoms with Crippen LogP contribution in [0.2, 0.25) is 0 Å². The average Bonchev–Trinajstić information content (AvgIpc) is 3.16. The van der Waals surface area contributed by atoms with Gasteiger partial charge in [-0.2, -0.15) is 0 Å². The van der Waals surface area contributed by atoms with Crippen molar-refractivity contribution in [3.8, 4) is 0 Å². The predicted molar refractivity (Wildman–Crippen MR) is 107 cm³/mol. The van der Waals surface area contributed by atoms with E-state index < -0.39 is 0 Å². The highest BCUT2D eigenvalue weighted by Crippen LogP contribution is 2.19. The Morgan fingerprint density at radius 1 is 1.21 bits per heavy atom. The highest BCUT2D eigenvalue weighted by atomic mass is 19.1. The molecule has 0 radical (unpaired) electrons. The van der Waals surface area contributed by atoms with Gasteiger partial charge in [0, 0.05) is 45.3 Å². The number of fused-ring (bicyclic) bond motifs is 1. The Kier molecular flexibility index (Phi) is 5.27. The summed E-state index contributed by atoms with van der Waals surface area (Å²) in [6.45, 7) is 6.18. The molecule has 2 amide bonds. The molecule has 0 aromatic heterocycles. The maximum Gasteiger partial charge on any atom is 0.317 e. The highest BCUT2D eigenvalue weighted by Gasteiger charge is 2.27. The van der Waals surface area contributed by atoms with Gasteiger partial charge in [-0.15, -0.1) is 0 Å². The molecule has 148 valence electrons. The van der Waals surface area contributed by atoms with E-state index >= 15 is 0 Å². The molecule has 1 fully saturated rings. The Hall–Kier alpha value is -2.90. The number of rotatable bonds is 4. The van der Waals surface area contributed by atoms with Crippen molar-refractivity contribution in [1.29, 1.82) is 0 Å². The second-order valence-electron chi connectivity index (χ2n) is 7.21. The van der Waals surface area contributed by atoms with Gasteiger partial charge in [0.25, 0.3) is 0 Å². The lowest BCUT2D eigenvalue weighted by molar-refractivity contribution is 0.156. The zero-order valence-corrected chi connectivity index (χ0v) is 16.0. The zero-order chi connectivity index (χ0) is 19.5. The molecule has 0 spiro atoms. The number of aliphatic imine (C=N–C) groups is 2. The SMILES string of the molecule is CCC1CN2C=NC(N3CCN(C(=O)NCc4ccc(F)cc4)CC3)=CC2=N1. The molecule has 1 N–H and O–H groups in total. The molecule has 1 aromatic rings. The third-order valence-electron chi connectivity index (χ3n) is 5.32. The quantitative estimate of drug-likeness (QED) is 0.864. The molecular weight excluding hydrogens is 359 g/mol.